The standard InChI is InChI=1S/C13H13N3O2/c14-5-9-4-8-2-1-3-11(8)15-12(9)16-6-10(7-16)13(17)18/h4,10H,1-3,6-7H2,(H,17,18). The van der Waals surface area contributed by atoms with E-state index in [1.165, 1.54) is 5.56 Å². The summed E-state index contributed by atoms with van der Waals surface area (Å²) >= 11 is 0. The topological polar surface area (TPSA) is 77.2 Å². The lowest BCUT2D eigenvalue weighted by atomic mass is 9.99. The first-order valence-corrected chi connectivity index (χ1v) is 6.09. The minimum absolute atomic E-state index is 0.327. The molecule has 92 valence electrons. The van der Waals surface area contributed by atoms with Crippen LogP contribution in [0.15, 0.2) is 6.07 Å². The molecule has 1 aromatic heterocycles. The van der Waals surface area contributed by atoms with Gasteiger partial charge in [-0.05, 0) is 30.9 Å². The van der Waals surface area contributed by atoms with Crippen molar-refractivity contribution in [3.63, 3.8) is 0 Å². The third-order valence-electron chi connectivity index (χ3n) is 3.68. The third-order valence-corrected chi connectivity index (χ3v) is 3.68. The lowest BCUT2D eigenvalue weighted by Crippen LogP contribution is -2.51. The van der Waals surface area contributed by atoms with Gasteiger partial charge in [0.25, 0.3) is 0 Å². The molecule has 0 unspecified atom stereocenters. The number of carboxylic acids is 1. The van der Waals surface area contributed by atoms with E-state index >= 15 is 0 Å². The van der Waals surface area contributed by atoms with E-state index in [4.69, 9.17) is 10.4 Å². The highest BCUT2D eigenvalue weighted by atomic mass is 16.4. The summed E-state index contributed by atoms with van der Waals surface area (Å²) in [4.78, 5) is 17.2. The van der Waals surface area contributed by atoms with Gasteiger partial charge in [0.15, 0.2) is 0 Å². The Morgan fingerprint density at radius 1 is 1.50 bits per heavy atom. The van der Waals surface area contributed by atoms with Crippen LogP contribution in [0, 0.1) is 17.2 Å². The molecule has 1 saturated heterocycles. The first-order chi connectivity index (χ1) is 8.69. The smallest absolute Gasteiger partial charge is 0.310 e. The average Bonchev–Trinajstić information content (AvgIpc) is 2.72. The van der Waals surface area contributed by atoms with Gasteiger partial charge in [-0.1, -0.05) is 0 Å². The van der Waals surface area contributed by atoms with Crippen LogP contribution in [0.5, 0.6) is 0 Å². The lowest BCUT2D eigenvalue weighted by molar-refractivity contribution is -0.142. The molecule has 1 N–H and O–H groups in total. The molecule has 0 atom stereocenters. The maximum atomic E-state index is 10.8. The third kappa shape index (κ3) is 1.61. The van der Waals surface area contributed by atoms with Crippen LogP contribution >= 0.6 is 0 Å². The van der Waals surface area contributed by atoms with Gasteiger partial charge >= 0.3 is 5.97 Å². The first-order valence-electron chi connectivity index (χ1n) is 6.09. The fourth-order valence-electron chi connectivity index (χ4n) is 2.59. The number of hydrogen-bond acceptors (Lipinski definition) is 4. The van der Waals surface area contributed by atoms with Crippen molar-refractivity contribution in [1.29, 1.82) is 5.26 Å². The monoisotopic (exact) mass is 243 g/mol. The summed E-state index contributed by atoms with van der Waals surface area (Å²) in [5, 5.41) is 18.0. The molecular formula is C13H13N3O2. The number of nitriles is 1. The van der Waals surface area contributed by atoms with Gasteiger partial charge in [0.05, 0.1) is 11.5 Å². The van der Waals surface area contributed by atoms with Crippen LogP contribution < -0.4 is 4.90 Å². The summed E-state index contributed by atoms with van der Waals surface area (Å²) in [6.07, 6.45) is 3.05. The first kappa shape index (κ1) is 11.0. The van der Waals surface area contributed by atoms with E-state index in [9.17, 15) is 4.79 Å². The molecule has 18 heavy (non-hydrogen) atoms. The molecule has 5 heteroatoms. The van der Waals surface area contributed by atoms with Gasteiger partial charge in [0.2, 0.25) is 0 Å². The van der Waals surface area contributed by atoms with Crippen molar-refractivity contribution in [3.8, 4) is 6.07 Å². The van der Waals surface area contributed by atoms with Crippen LogP contribution in [0.1, 0.15) is 23.2 Å². The van der Waals surface area contributed by atoms with Gasteiger partial charge < -0.3 is 10.0 Å². The molecule has 0 radical (unpaired) electrons. The van der Waals surface area contributed by atoms with E-state index in [1.807, 2.05) is 11.0 Å². The molecule has 0 amide bonds. The average molecular weight is 243 g/mol. The van der Waals surface area contributed by atoms with Crippen molar-refractivity contribution >= 4 is 11.8 Å². The number of anilines is 1. The van der Waals surface area contributed by atoms with Crippen LogP contribution in [0.2, 0.25) is 0 Å². The number of aromatic nitrogens is 1. The Labute approximate surface area is 105 Å². The van der Waals surface area contributed by atoms with Crippen molar-refractivity contribution in [1.82, 2.24) is 4.98 Å². The number of carbonyl (C=O) groups is 1. The van der Waals surface area contributed by atoms with Gasteiger partial charge in [-0.25, -0.2) is 4.98 Å². The molecule has 2 aliphatic rings. The van der Waals surface area contributed by atoms with Crippen LogP contribution in [-0.2, 0) is 17.6 Å². The molecular weight excluding hydrogens is 230 g/mol. The minimum Gasteiger partial charge on any atom is -0.481 e. The number of hydrogen-bond donors (Lipinski definition) is 1. The van der Waals surface area contributed by atoms with Crippen molar-refractivity contribution in [3.05, 3.63) is 22.9 Å². The molecule has 0 aromatic carbocycles. The number of nitrogens with zero attached hydrogens (tertiary/aromatic N) is 3. The van der Waals surface area contributed by atoms with Gasteiger partial charge in [-0.2, -0.15) is 5.26 Å². The van der Waals surface area contributed by atoms with E-state index in [0.29, 0.717) is 24.5 Å². The zero-order chi connectivity index (χ0) is 12.7. The van der Waals surface area contributed by atoms with Gasteiger partial charge in [0.1, 0.15) is 11.9 Å². The Morgan fingerprint density at radius 3 is 2.94 bits per heavy atom. The van der Waals surface area contributed by atoms with E-state index in [0.717, 1.165) is 25.0 Å². The molecule has 3 rings (SSSR count). The Morgan fingerprint density at radius 2 is 2.28 bits per heavy atom. The maximum Gasteiger partial charge on any atom is 0.310 e. The highest BCUT2D eigenvalue weighted by molar-refractivity contribution is 5.75. The van der Waals surface area contributed by atoms with Crippen LogP contribution in [-0.4, -0.2) is 29.1 Å². The zero-order valence-corrected chi connectivity index (χ0v) is 9.89. The molecule has 1 aliphatic heterocycles. The summed E-state index contributed by atoms with van der Waals surface area (Å²) in [6.45, 7) is 0.908. The normalized spacial score (nSPS) is 18.1. The molecule has 0 saturated carbocycles. The largest absolute Gasteiger partial charge is 0.481 e. The number of pyridine rings is 1. The number of fused-ring (bicyclic) bond motifs is 1. The van der Waals surface area contributed by atoms with Crippen molar-refractivity contribution in [2.75, 3.05) is 18.0 Å². The Bertz CT molecular complexity index is 556. The highest BCUT2D eigenvalue weighted by Gasteiger charge is 2.35. The molecule has 1 aliphatic carbocycles. The molecule has 0 spiro atoms. The molecule has 2 heterocycles. The number of aliphatic carboxylic acids is 1. The Hall–Kier alpha value is -2.09. The van der Waals surface area contributed by atoms with E-state index in [-0.39, 0.29) is 5.92 Å². The predicted octanol–water partition coefficient (Wildman–Crippen LogP) is 0.963. The van der Waals surface area contributed by atoms with Crippen molar-refractivity contribution in [2.45, 2.75) is 19.3 Å². The maximum absolute atomic E-state index is 10.8. The Balaban J connectivity index is 1.89. The van der Waals surface area contributed by atoms with Gasteiger partial charge in [-0.3, -0.25) is 4.79 Å². The van der Waals surface area contributed by atoms with Crippen LogP contribution in [0.3, 0.4) is 0 Å². The fourth-order valence-corrected chi connectivity index (χ4v) is 2.59. The number of rotatable bonds is 2. The van der Waals surface area contributed by atoms with E-state index < -0.39 is 5.97 Å². The highest BCUT2D eigenvalue weighted by Crippen LogP contribution is 2.30. The van der Waals surface area contributed by atoms with E-state index in [2.05, 4.69) is 11.1 Å². The summed E-state index contributed by atoms with van der Waals surface area (Å²) in [7, 11) is 0. The Kier molecular flexibility index (Phi) is 2.44. The molecule has 5 nitrogen and oxygen atoms in total. The quantitative estimate of drug-likeness (QED) is 0.837. The summed E-state index contributed by atoms with van der Waals surface area (Å²) < 4.78 is 0. The predicted molar refractivity (Wildman–Crippen MR) is 64.3 cm³/mol. The van der Waals surface area contributed by atoms with Crippen LogP contribution in [0.25, 0.3) is 0 Å². The summed E-state index contributed by atoms with van der Waals surface area (Å²) in [6, 6.07) is 4.08. The molecule has 1 aromatic rings. The van der Waals surface area contributed by atoms with Crippen LogP contribution in [0.4, 0.5) is 5.82 Å². The van der Waals surface area contributed by atoms with Crippen molar-refractivity contribution < 1.29 is 9.90 Å². The second kappa shape index (κ2) is 3.98. The van der Waals surface area contributed by atoms with Gasteiger partial charge in [0, 0.05) is 18.8 Å². The lowest BCUT2D eigenvalue weighted by Gasteiger charge is -2.38. The van der Waals surface area contributed by atoms with E-state index in [1.54, 1.807) is 0 Å². The SMILES string of the molecule is N#Cc1cc2c(nc1N1CC(C(=O)O)C1)CCC2. The summed E-state index contributed by atoms with van der Waals surface area (Å²) in [5.74, 6) is -0.437. The second-order valence-corrected chi connectivity index (χ2v) is 4.87. The van der Waals surface area contributed by atoms with Gasteiger partial charge in [-0.15, -0.1) is 0 Å². The minimum atomic E-state index is -0.772. The fraction of sp³-hybridized carbons (Fsp3) is 0.462. The number of carboxylic acid groups (broad SMARTS) is 1. The summed E-state index contributed by atoms with van der Waals surface area (Å²) in [5.41, 5.74) is 2.81. The molecule has 1 fully saturated rings. The number of aryl methyl sites for hydroxylation is 2. The second-order valence-electron chi connectivity index (χ2n) is 4.87. The molecule has 0 bridgehead atoms. The van der Waals surface area contributed by atoms with Crippen molar-refractivity contribution in [2.24, 2.45) is 5.92 Å². The zero-order valence-electron chi connectivity index (χ0n) is 9.89.